The van der Waals surface area contributed by atoms with Crippen LogP contribution in [0.25, 0.3) is 10.9 Å². The average molecular weight is 376 g/mol. The van der Waals surface area contributed by atoms with Gasteiger partial charge in [0.25, 0.3) is 0 Å². The zero-order valence-corrected chi connectivity index (χ0v) is 15.9. The van der Waals surface area contributed by atoms with Crippen molar-refractivity contribution in [3.8, 4) is 0 Å². The van der Waals surface area contributed by atoms with E-state index in [2.05, 4.69) is 22.0 Å². The first-order valence-corrected chi connectivity index (χ1v) is 9.36. The molecule has 28 heavy (non-hydrogen) atoms. The number of rotatable bonds is 5. The van der Waals surface area contributed by atoms with Crippen molar-refractivity contribution in [1.29, 1.82) is 10.8 Å². The number of aromatic nitrogens is 2. The van der Waals surface area contributed by atoms with Crippen LogP contribution >= 0.6 is 0 Å². The maximum atomic E-state index is 8.32. The summed E-state index contributed by atoms with van der Waals surface area (Å²) in [5.74, 6) is 0.710. The van der Waals surface area contributed by atoms with Crippen LogP contribution in [0.15, 0.2) is 48.5 Å². The molecular weight excluding hydrogens is 352 g/mol. The van der Waals surface area contributed by atoms with Crippen molar-refractivity contribution in [3.63, 3.8) is 0 Å². The van der Waals surface area contributed by atoms with Crippen LogP contribution in [-0.2, 0) is 11.3 Å². The molecule has 2 aromatic carbocycles. The quantitative estimate of drug-likeness (QED) is 0.530. The molecule has 1 aliphatic rings. The van der Waals surface area contributed by atoms with E-state index in [0.29, 0.717) is 5.82 Å². The van der Waals surface area contributed by atoms with E-state index in [1.807, 2.05) is 48.3 Å². The Kier molecular flexibility index (Phi) is 5.18. The molecule has 2 N–H and O–H groups in total. The van der Waals surface area contributed by atoms with Crippen LogP contribution in [0, 0.1) is 10.8 Å². The van der Waals surface area contributed by atoms with Crippen LogP contribution in [0.2, 0.25) is 0 Å². The molecule has 7 nitrogen and oxygen atoms in total. The van der Waals surface area contributed by atoms with Crippen LogP contribution in [-0.4, -0.2) is 54.1 Å². The van der Waals surface area contributed by atoms with Crippen molar-refractivity contribution >= 4 is 28.7 Å². The minimum atomic E-state index is 0.0452. The molecule has 1 aromatic heterocycles. The van der Waals surface area contributed by atoms with Crippen LogP contribution in [0.3, 0.4) is 0 Å². The van der Waals surface area contributed by atoms with Gasteiger partial charge in [0.1, 0.15) is 5.82 Å². The highest BCUT2D eigenvalue weighted by Crippen LogP contribution is 2.28. The van der Waals surface area contributed by atoms with E-state index in [-0.39, 0.29) is 5.62 Å². The molecule has 0 aliphatic carbocycles. The van der Waals surface area contributed by atoms with Crippen molar-refractivity contribution in [2.45, 2.75) is 6.54 Å². The van der Waals surface area contributed by atoms with Gasteiger partial charge in [-0.2, -0.15) is 4.98 Å². The third-order valence-corrected chi connectivity index (χ3v) is 5.10. The van der Waals surface area contributed by atoms with Crippen molar-refractivity contribution in [2.75, 3.05) is 38.3 Å². The van der Waals surface area contributed by atoms with Crippen molar-refractivity contribution in [1.82, 2.24) is 14.5 Å². The van der Waals surface area contributed by atoms with E-state index in [9.17, 15) is 0 Å². The normalized spacial score (nSPS) is 14.9. The predicted octanol–water partition coefficient (Wildman–Crippen LogP) is 2.57. The van der Waals surface area contributed by atoms with Crippen LogP contribution < -0.4 is 10.5 Å². The summed E-state index contributed by atoms with van der Waals surface area (Å²) in [5, 5.41) is 17.0. The van der Waals surface area contributed by atoms with Gasteiger partial charge in [0, 0.05) is 37.8 Å². The van der Waals surface area contributed by atoms with Crippen LogP contribution in [0.5, 0.6) is 0 Å². The summed E-state index contributed by atoms with van der Waals surface area (Å²) in [5.41, 5.74) is 3.02. The second-order valence-corrected chi connectivity index (χ2v) is 6.89. The third kappa shape index (κ3) is 3.54. The van der Waals surface area contributed by atoms with Crippen LogP contribution in [0.1, 0.15) is 5.56 Å². The predicted molar refractivity (Wildman–Crippen MR) is 110 cm³/mol. The zero-order valence-electron chi connectivity index (χ0n) is 15.9. The molecule has 3 aromatic rings. The lowest BCUT2D eigenvalue weighted by Gasteiger charge is -2.27. The Morgan fingerprint density at radius 2 is 1.89 bits per heavy atom. The number of nitrogens with zero attached hydrogens (tertiary/aromatic N) is 4. The highest BCUT2D eigenvalue weighted by molar-refractivity contribution is 5.94. The molecule has 1 fully saturated rings. The molecule has 4 rings (SSSR count). The lowest BCUT2D eigenvalue weighted by molar-refractivity contribution is 0.0342. The Balaban J connectivity index is 1.79. The minimum absolute atomic E-state index is 0.0452. The van der Waals surface area contributed by atoms with Crippen LogP contribution in [0.4, 0.5) is 11.5 Å². The summed E-state index contributed by atoms with van der Waals surface area (Å²) < 4.78 is 6.94. The van der Waals surface area contributed by atoms with Gasteiger partial charge in [-0.25, -0.2) is 0 Å². The monoisotopic (exact) mass is 376 g/mol. The first-order chi connectivity index (χ1) is 13.7. The molecule has 0 amide bonds. The molecule has 1 saturated heterocycles. The molecule has 0 atom stereocenters. The molecular formula is C21H24N6O. The summed E-state index contributed by atoms with van der Waals surface area (Å²) in [6.07, 6.45) is 1.16. The van der Waals surface area contributed by atoms with Crippen molar-refractivity contribution in [3.05, 3.63) is 59.7 Å². The van der Waals surface area contributed by atoms with E-state index < -0.39 is 0 Å². The van der Waals surface area contributed by atoms with Gasteiger partial charge in [-0.3, -0.25) is 20.3 Å². The molecule has 0 spiro atoms. The van der Waals surface area contributed by atoms with E-state index in [0.717, 1.165) is 61.3 Å². The van der Waals surface area contributed by atoms with Crippen molar-refractivity contribution in [2.24, 2.45) is 0 Å². The van der Waals surface area contributed by atoms with E-state index >= 15 is 0 Å². The Morgan fingerprint density at radius 1 is 1.14 bits per heavy atom. The van der Waals surface area contributed by atoms with Gasteiger partial charge in [0.05, 0.1) is 25.1 Å². The van der Waals surface area contributed by atoms with Gasteiger partial charge in [0.2, 0.25) is 5.62 Å². The maximum absolute atomic E-state index is 8.32. The highest BCUT2D eigenvalue weighted by atomic mass is 16.5. The summed E-state index contributed by atoms with van der Waals surface area (Å²) in [4.78, 5) is 8.81. The number of hydrogen-bond acceptors (Lipinski definition) is 6. The minimum Gasteiger partial charge on any atom is -0.379 e. The second kappa shape index (κ2) is 7.92. The number of nitrogens with one attached hydrogen (secondary N) is 2. The maximum Gasteiger partial charge on any atom is 0.229 e. The van der Waals surface area contributed by atoms with Gasteiger partial charge >= 0.3 is 0 Å². The number of benzene rings is 2. The lowest BCUT2D eigenvalue weighted by atomic mass is 10.1. The summed E-state index contributed by atoms with van der Waals surface area (Å²) >= 11 is 0. The summed E-state index contributed by atoms with van der Waals surface area (Å²) in [6.45, 7) is 4.20. The number of anilines is 2. The van der Waals surface area contributed by atoms with Gasteiger partial charge in [-0.05, 0) is 29.8 Å². The Bertz CT molecular complexity index is 1040. The van der Waals surface area contributed by atoms with E-state index in [1.165, 1.54) is 4.57 Å². The first-order valence-electron chi connectivity index (χ1n) is 9.36. The fourth-order valence-electron chi connectivity index (χ4n) is 3.57. The molecule has 144 valence electrons. The Morgan fingerprint density at radius 3 is 2.61 bits per heavy atom. The van der Waals surface area contributed by atoms with Gasteiger partial charge in [0.15, 0.2) is 0 Å². The molecule has 7 heteroatoms. The van der Waals surface area contributed by atoms with E-state index in [1.54, 1.807) is 0 Å². The SMILES string of the molecule is CN(c1ccccc1)c1nc(=N)n(C=N)c2cc(CN3CCOCC3)ccc12. The standard InChI is InChI=1S/C21H24N6O/c1-25(17-5-3-2-4-6-17)20-18-8-7-16(14-26-9-11-28-12-10-26)13-19(18)27(15-22)21(23)24-20/h2-8,13,15,22-23H,9-12,14H2,1H3. The number of ether oxygens (including phenoxy) is 1. The molecule has 0 saturated carbocycles. The van der Waals surface area contributed by atoms with Crippen molar-refractivity contribution < 1.29 is 4.74 Å². The highest BCUT2D eigenvalue weighted by Gasteiger charge is 2.15. The van der Waals surface area contributed by atoms with Gasteiger partial charge < -0.3 is 9.64 Å². The fourth-order valence-corrected chi connectivity index (χ4v) is 3.57. The van der Waals surface area contributed by atoms with E-state index in [4.69, 9.17) is 15.6 Å². The molecule has 0 bridgehead atoms. The molecule has 0 radical (unpaired) electrons. The number of hydrogen-bond donors (Lipinski definition) is 2. The lowest BCUT2D eigenvalue weighted by Crippen LogP contribution is -2.35. The molecule has 0 unspecified atom stereocenters. The number of fused-ring (bicyclic) bond motifs is 1. The Labute approximate surface area is 163 Å². The fraction of sp³-hybridized carbons (Fsp3) is 0.286. The summed E-state index contributed by atoms with van der Waals surface area (Å²) in [6, 6.07) is 16.2. The number of morpholine rings is 1. The smallest absolute Gasteiger partial charge is 0.229 e. The number of para-hydroxylation sites is 1. The second-order valence-electron chi connectivity index (χ2n) is 6.89. The Hall–Kier alpha value is -3.03. The summed E-state index contributed by atoms with van der Waals surface area (Å²) in [7, 11) is 1.95. The topological polar surface area (TPSA) is 81.2 Å². The third-order valence-electron chi connectivity index (χ3n) is 5.10. The van der Waals surface area contributed by atoms with Gasteiger partial charge in [-0.1, -0.05) is 24.3 Å². The molecule has 1 aliphatic heterocycles. The largest absolute Gasteiger partial charge is 0.379 e. The molecule has 2 heterocycles. The van der Waals surface area contributed by atoms with Gasteiger partial charge in [-0.15, -0.1) is 0 Å². The zero-order chi connectivity index (χ0) is 19.5. The average Bonchev–Trinajstić information content (AvgIpc) is 2.74. The first kappa shape index (κ1) is 18.3.